The second kappa shape index (κ2) is 5.09. The van der Waals surface area contributed by atoms with Gasteiger partial charge in [-0.05, 0) is 45.2 Å². The van der Waals surface area contributed by atoms with E-state index in [0.717, 1.165) is 30.5 Å². The van der Waals surface area contributed by atoms with Crippen molar-refractivity contribution in [3.63, 3.8) is 0 Å². The summed E-state index contributed by atoms with van der Waals surface area (Å²) in [4.78, 5) is 4.89. The molecular formula is C16H23N3O. The van der Waals surface area contributed by atoms with Gasteiger partial charge in [0.2, 0.25) is 0 Å². The van der Waals surface area contributed by atoms with Crippen LogP contribution in [0.3, 0.4) is 0 Å². The summed E-state index contributed by atoms with van der Waals surface area (Å²) in [5, 5.41) is 0. The molecule has 108 valence electrons. The number of aromatic nitrogens is 2. The number of nitrogens with zero attached hydrogens (tertiary/aromatic N) is 2. The molecule has 1 fully saturated rings. The minimum Gasteiger partial charge on any atom is -0.497 e. The quantitative estimate of drug-likeness (QED) is 0.934. The average molecular weight is 273 g/mol. The van der Waals surface area contributed by atoms with Gasteiger partial charge in [-0.1, -0.05) is 0 Å². The Morgan fingerprint density at radius 2 is 2.15 bits per heavy atom. The third kappa shape index (κ3) is 2.18. The molecule has 0 aliphatic heterocycles. The molecule has 2 atom stereocenters. The minimum atomic E-state index is 0.329. The van der Waals surface area contributed by atoms with Crippen LogP contribution in [0.5, 0.6) is 5.75 Å². The summed E-state index contributed by atoms with van der Waals surface area (Å²) in [7, 11) is 1.69. The van der Waals surface area contributed by atoms with Crippen LogP contribution >= 0.6 is 0 Å². The third-order valence-electron chi connectivity index (χ3n) is 4.28. The second-order valence-corrected chi connectivity index (χ2v) is 6.06. The van der Waals surface area contributed by atoms with Crippen LogP contribution in [0.1, 0.15) is 50.9 Å². The van der Waals surface area contributed by atoms with E-state index in [1.807, 2.05) is 12.1 Å². The van der Waals surface area contributed by atoms with E-state index in [1.165, 1.54) is 11.3 Å². The van der Waals surface area contributed by atoms with Crippen molar-refractivity contribution in [1.82, 2.24) is 9.55 Å². The molecule has 1 aliphatic carbocycles. The van der Waals surface area contributed by atoms with Gasteiger partial charge in [0.25, 0.3) is 0 Å². The second-order valence-electron chi connectivity index (χ2n) is 6.06. The summed E-state index contributed by atoms with van der Waals surface area (Å²) >= 11 is 0. The Hall–Kier alpha value is -1.55. The molecule has 2 aromatic rings. The lowest BCUT2D eigenvalue weighted by Crippen LogP contribution is -2.16. The number of ether oxygens (including phenoxy) is 1. The molecule has 1 aromatic carbocycles. The molecule has 3 rings (SSSR count). The molecule has 0 spiro atoms. The van der Waals surface area contributed by atoms with E-state index in [9.17, 15) is 0 Å². The number of methoxy groups -OCH3 is 1. The van der Waals surface area contributed by atoms with Crippen molar-refractivity contribution in [1.29, 1.82) is 0 Å². The molecular weight excluding hydrogens is 250 g/mol. The predicted octanol–water partition coefficient (Wildman–Crippen LogP) is 3.22. The Bertz CT molecular complexity index is 617. The van der Waals surface area contributed by atoms with Gasteiger partial charge < -0.3 is 15.0 Å². The summed E-state index contributed by atoms with van der Waals surface area (Å²) in [6.45, 7) is 4.42. The van der Waals surface area contributed by atoms with Crippen molar-refractivity contribution in [2.45, 2.75) is 51.1 Å². The molecule has 20 heavy (non-hydrogen) atoms. The summed E-state index contributed by atoms with van der Waals surface area (Å²) in [6.07, 6.45) is 3.30. The lowest BCUT2D eigenvalue weighted by Gasteiger charge is -2.17. The highest BCUT2D eigenvalue weighted by Gasteiger charge is 2.28. The van der Waals surface area contributed by atoms with Crippen molar-refractivity contribution in [3.05, 3.63) is 24.0 Å². The Morgan fingerprint density at radius 1 is 1.35 bits per heavy atom. The zero-order valence-electron chi connectivity index (χ0n) is 12.5. The summed E-state index contributed by atoms with van der Waals surface area (Å²) < 4.78 is 7.66. The highest BCUT2D eigenvalue weighted by molar-refractivity contribution is 5.78. The van der Waals surface area contributed by atoms with E-state index >= 15 is 0 Å². The van der Waals surface area contributed by atoms with E-state index in [-0.39, 0.29) is 0 Å². The number of fused-ring (bicyclic) bond motifs is 1. The van der Waals surface area contributed by atoms with Crippen molar-refractivity contribution >= 4 is 11.0 Å². The zero-order chi connectivity index (χ0) is 14.3. The first-order valence-electron chi connectivity index (χ1n) is 7.41. The molecule has 0 amide bonds. The zero-order valence-corrected chi connectivity index (χ0v) is 12.5. The molecule has 1 saturated carbocycles. The number of benzene rings is 1. The molecule has 4 heteroatoms. The fourth-order valence-electron chi connectivity index (χ4n) is 3.31. The standard InChI is InChI=1S/C16H23N3O/c1-10(2)19-15-7-6-13(20-3)9-14(15)18-16(19)11-4-5-12(17)8-11/h6-7,9-12H,4-5,8,17H2,1-3H3. The lowest BCUT2D eigenvalue weighted by atomic mass is 10.1. The Kier molecular flexibility index (Phi) is 3.42. The largest absolute Gasteiger partial charge is 0.497 e. The summed E-state index contributed by atoms with van der Waals surface area (Å²) in [5.74, 6) is 2.54. The molecule has 0 bridgehead atoms. The van der Waals surface area contributed by atoms with Gasteiger partial charge in [-0.15, -0.1) is 0 Å². The third-order valence-corrected chi connectivity index (χ3v) is 4.28. The van der Waals surface area contributed by atoms with Crippen molar-refractivity contribution in [3.8, 4) is 5.75 Å². The van der Waals surface area contributed by atoms with Crippen LogP contribution in [0, 0.1) is 0 Å². The van der Waals surface area contributed by atoms with Crippen LogP contribution in [-0.4, -0.2) is 22.7 Å². The SMILES string of the molecule is COc1ccc2c(c1)nc(C1CCC(N)C1)n2C(C)C. The first kappa shape index (κ1) is 13.4. The minimum absolute atomic E-state index is 0.329. The molecule has 2 unspecified atom stereocenters. The monoisotopic (exact) mass is 273 g/mol. The molecule has 4 nitrogen and oxygen atoms in total. The molecule has 0 radical (unpaired) electrons. The molecule has 1 heterocycles. The number of imidazole rings is 1. The van der Waals surface area contributed by atoms with Crippen molar-refractivity contribution < 1.29 is 4.74 Å². The predicted molar refractivity (Wildman–Crippen MR) is 81.2 cm³/mol. The Balaban J connectivity index is 2.12. The summed E-state index contributed by atoms with van der Waals surface area (Å²) in [6, 6.07) is 6.87. The topological polar surface area (TPSA) is 53.1 Å². The Morgan fingerprint density at radius 3 is 2.75 bits per heavy atom. The van der Waals surface area contributed by atoms with E-state index < -0.39 is 0 Å². The smallest absolute Gasteiger partial charge is 0.121 e. The van der Waals surface area contributed by atoms with Crippen molar-refractivity contribution in [2.24, 2.45) is 5.73 Å². The number of hydrogen-bond donors (Lipinski definition) is 1. The molecule has 2 N–H and O–H groups in total. The van der Waals surface area contributed by atoms with Crippen LogP contribution in [0.2, 0.25) is 0 Å². The molecule has 0 saturated heterocycles. The van der Waals surface area contributed by atoms with Gasteiger partial charge in [0.1, 0.15) is 11.6 Å². The average Bonchev–Trinajstić information content (AvgIpc) is 3.00. The first-order valence-corrected chi connectivity index (χ1v) is 7.41. The van der Waals surface area contributed by atoms with Crippen LogP contribution in [-0.2, 0) is 0 Å². The fraction of sp³-hybridized carbons (Fsp3) is 0.562. The van der Waals surface area contributed by atoms with Gasteiger partial charge in [-0.2, -0.15) is 0 Å². The molecule has 1 aromatic heterocycles. The van der Waals surface area contributed by atoms with E-state index in [0.29, 0.717) is 18.0 Å². The number of nitrogens with two attached hydrogens (primary N) is 1. The van der Waals surface area contributed by atoms with Crippen molar-refractivity contribution in [2.75, 3.05) is 7.11 Å². The van der Waals surface area contributed by atoms with E-state index in [4.69, 9.17) is 15.5 Å². The number of hydrogen-bond acceptors (Lipinski definition) is 3. The fourth-order valence-corrected chi connectivity index (χ4v) is 3.31. The number of rotatable bonds is 3. The summed E-state index contributed by atoms with van der Waals surface area (Å²) in [5.41, 5.74) is 8.28. The van der Waals surface area contributed by atoms with E-state index in [1.54, 1.807) is 7.11 Å². The molecule has 1 aliphatic rings. The van der Waals surface area contributed by atoms with Gasteiger partial charge in [0.15, 0.2) is 0 Å². The maximum Gasteiger partial charge on any atom is 0.121 e. The first-order chi connectivity index (χ1) is 9.60. The van der Waals surface area contributed by atoms with Gasteiger partial charge in [0, 0.05) is 24.1 Å². The lowest BCUT2D eigenvalue weighted by molar-refractivity contribution is 0.415. The van der Waals surface area contributed by atoms with Gasteiger partial charge in [0.05, 0.1) is 18.1 Å². The van der Waals surface area contributed by atoms with Crippen LogP contribution in [0.4, 0.5) is 0 Å². The maximum absolute atomic E-state index is 6.07. The highest BCUT2D eigenvalue weighted by atomic mass is 16.5. The Labute approximate surface area is 119 Å². The van der Waals surface area contributed by atoms with Crippen LogP contribution < -0.4 is 10.5 Å². The van der Waals surface area contributed by atoms with Gasteiger partial charge in [-0.25, -0.2) is 4.98 Å². The normalized spacial score (nSPS) is 22.9. The highest BCUT2D eigenvalue weighted by Crippen LogP contribution is 2.36. The maximum atomic E-state index is 6.07. The van der Waals surface area contributed by atoms with E-state index in [2.05, 4.69) is 24.5 Å². The van der Waals surface area contributed by atoms with Crippen LogP contribution in [0.15, 0.2) is 18.2 Å². The van der Waals surface area contributed by atoms with Gasteiger partial charge in [-0.3, -0.25) is 0 Å². The van der Waals surface area contributed by atoms with Gasteiger partial charge >= 0.3 is 0 Å². The van der Waals surface area contributed by atoms with Crippen LogP contribution in [0.25, 0.3) is 11.0 Å².